The lowest BCUT2D eigenvalue weighted by Crippen LogP contribution is -2.10. The van der Waals surface area contributed by atoms with Crippen molar-refractivity contribution < 1.29 is 9.18 Å². The first-order valence-corrected chi connectivity index (χ1v) is 7.97. The van der Waals surface area contributed by atoms with E-state index in [2.05, 4.69) is 10.1 Å². The van der Waals surface area contributed by atoms with E-state index in [1.807, 2.05) is 6.07 Å². The molecule has 0 aliphatic heterocycles. The summed E-state index contributed by atoms with van der Waals surface area (Å²) in [5.41, 5.74) is 2.41. The molecule has 0 unspecified atom stereocenters. The van der Waals surface area contributed by atoms with Crippen molar-refractivity contribution in [3.8, 4) is 0 Å². The number of aryl methyl sites for hydroxylation is 1. The monoisotopic (exact) mass is 359 g/mol. The molecule has 0 aliphatic carbocycles. The standard InChI is InChI=1S/C18H15ClFN3O2/c1-23-18(25)9-16(22-23)17(24)8-13-4-2-12(10-21-13)6-11-3-5-15(20)14(19)7-11/h2-5,7,9-10,22H,6,8H2,1H3. The molecular formula is C18H15ClFN3O2. The zero-order valence-corrected chi connectivity index (χ0v) is 14.2. The third-order valence-corrected chi connectivity index (χ3v) is 4.10. The van der Waals surface area contributed by atoms with Crippen molar-refractivity contribution in [2.75, 3.05) is 0 Å². The number of hydrogen-bond acceptors (Lipinski definition) is 3. The minimum Gasteiger partial charge on any atom is -0.292 e. The number of aromatic amines is 1. The van der Waals surface area contributed by atoms with Gasteiger partial charge in [-0.1, -0.05) is 23.7 Å². The first-order chi connectivity index (χ1) is 11.9. The molecule has 0 atom stereocenters. The smallest absolute Gasteiger partial charge is 0.266 e. The summed E-state index contributed by atoms with van der Waals surface area (Å²) in [7, 11) is 1.55. The van der Waals surface area contributed by atoms with Gasteiger partial charge in [0, 0.05) is 25.0 Å². The van der Waals surface area contributed by atoms with Crippen molar-refractivity contribution in [3.05, 3.63) is 86.3 Å². The molecule has 1 aromatic carbocycles. The molecule has 0 spiro atoms. The van der Waals surface area contributed by atoms with E-state index < -0.39 is 5.82 Å². The van der Waals surface area contributed by atoms with Crippen LogP contribution in [0.15, 0.2) is 47.4 Å². The minimum atomic E-state index is -0.448. The van der Waals surface area contributed by atoms with Crippen LogP contribution in [0.25, 0.3) is 0 Å². The van der Waals surface area contributed by atoms with Gasteiger partial charge in [0.15, 0.2) is 5.78 Å². The molecule has 1 N–H and O–H groups in total. The Morgan fingerprint density at radius 2 is 2.00 bits per heavy atom. The fourth-order valence-corrected chi connectivity index (χ4v) is 2.64. The Hall–Kier alpha value is -2.73. The van der Waals surface area contributed by atoms with Gasteiger partial charge in [0.05, 0.1) is 11.4 Å². The third kappa shape index (κ3) is 4.03. The number of nitrogens with zero attached hydrogens (tertiary/aromatic N) is 2. The average molecular weight is 360 g/mol. The van der Waals surface area contributed by atoms with Crippen LogP contribution in [-0.4, -0.2) is 20.5 Å². The molecule has 0 bridgehead atoms. The topological polar surface area (TPSA) is 67.8 Å². The zero-order valence-electron chi connectivity index (χ0n) is 13.4. The number of benzene rings is 1. The highest BCUT2D eigenvalue weighted by Gasteiger charge is 2.12. The summed E-state index contributed by atoms with van der Waals surface area (Å²) in [6.07, 6.45) is 2.34. The van der Waals surface area contributed by atoms with Crippen molar-refractivity contribution >= 4 is 17.4 Å². The van der Waals surface area contributed by atoms with Crippen LogP contribution in [0.1, 0.15) is 27.3 Å². The minimum absolute atomic E-state index is 0.0875. The van der Waals surface area contributed by atoms with Gasteiger partial charge < -0.3 is 0 Å². The number of carbonyl (C=O) groups excluding carboxylic acids is 1. The van der Waals surface area contributed by atoms with Crippen LogP contribution in [0.5, 0.6) is 0 Å². The summed E-state index contributed by atoms with van der Waals surface area (Å²) in [5, 5.41) is 2.79. The second-order valence-electron chi connectivity index (χ2n) is 5.75. The van der Waals surface area contributed by atoms with Gasteiger partial charge in [0.25, 0.3) is 5.56 Å². The maximum Gasteiger partial charge on any atom is 0.266 e. The molecule has 0 saturated heterocycles. The molecule has 0 amide bonds. The lowest BCUT2D eigenvalue weighted by Gasteiger charge is -2.05. The molecule has 25 heavy (non-hydrogen) atoms. The van der Waals surface area contributed by atoms with Gasteiger partial charge in [-0.25, -0.2) is 4.39 Å². The molecule has 2 heterocycles. The Labute approximate surface area is 148 Å². The molecule has 3 aromatic rings. The number of halogens is 2. The van der Waals surface area contributed by atoms with Gasteiger partial charge in [-0.2, -0.15) is 0 Å². The summed E-state index contributed by atoms with van der Waals surface area (Å²) >= 11 is 5.78. The highest BCUT2D eigenvalue weighted by molar-refractivity contribution is 6.30. The average Bonchev–Trinajstić information content (AvgIpc) is 2.92. The number of hydrogen-bond donors (Lipinski definition) is 1. The van der Waals surface area contributed by atoms with Gasteiger partial charge in [0.2, 0.25) is 0 Å². The number of aromatic nitrogens is 3. The summed E-state index contributed by atoms with van der Waals surface area (Å²) in [5.74, 6) is -0.653. The number of rotatable bonds is 5. The zero-order chi connectivity index (χ0) is 18.0. The molecule has 7 heteroatoms. The number of carbonyl (C=O) groups is 1. The maximum absolute atomic E-state index is 13.2. The lowest BCUT2D eigenvalue weighted by atomic mass is 10.1. The highest BCUT2D eigenvalue weighted by Crippen LogP contribution is 2.18. The summed E-state index contributed by atoms with van der Waals surface area (Å²) < 4.78 is 14.4. The molecule has 2 aromatic heterocycles. The first kappa shape index (κ1) is 17.1. The van der Waals surface area contributed by atoms with Crippen LogP contribution < -0.4 is 5.56 Å². The number of ketones is 1. The normalized spacial score (nSPS) is 10.8. The largest absolute Gasteiger partial charge is 0.292 e. The quantitative estimate of drug-likeness (QED) is 0.712. The molecule has 0 fully saturated rings. The second kappa shape index (κ2) is 7.03. The van der Waals surface area contributed by atoms with Crippen LogP contribution >= 0.6 is 11.6 Å². The number of pyridine rings is 1. The van der Waals surface area contributed by atoms with Crippen molar-refractivity contribution in [1.82, 2.24) is 14.8 Å². The molecule has 128 valence electrons. The van der Waals surface area contributed by atoms with E-state index in [-0.39, 0.29) is 28.5 Å². The first-order valence-electron chi connectivity index (χ1n) is 7.59. The number of nitrogens with one attached hydrogen (secondary N) is 1. The van der Waals surface area contributed by atoms with Crippen LogP contribution in [-0.2, 0) is 19.9 Å². The van der Waals surface area contributed by atoms with Crippen molar-refractivity contribution in [2.45, 2.75) is 12.8 Å². The van der Waals surface area contributed by atoms with Gasteiger partial charge >= 0.3 is 0 Å². The molecule has 5 nitrogen and oxygen atoms in total. The molecular weight excluding hydrogens is 345 g/mol. The van der Waals surface area contributed by atoms with Gasteiger partial charge in [-0.15, -0.1) is 0 Å². The summed E-state index contributed by atoms with van der Waals surface area (Å²) in [4.78, 5) is 27.8. The lowest BCUT2D eigenvalue weighted by molar-refractivity contribution is 0.0986. The SMILES string of the molecule is Cn1[nH]c(C(=O)Cc2ccc(Cc3ccc(F)c(Cl)c3)cn2)cc1=O. The van der Waals surface area contributed by atoms with Crippen molar-refractivity contribution in [2.24, 2.45) is 7.05 Å². The van der Waals surface area contributed by atoms with E-state index in [0.29, 0.717) is 12.1 Å². The molecule has 0 radical (unpaired) electrons. The summed E-state index contributed by atoms with van der Waals surface area (Å²) in [6, 6.07) is 9.48. The Morgan fingerprint density at radius 3 is 2.60 bits per heavy atom. The Kier molecular flexibility index (Phi) is 4.81. The van der Waals surface area contributed by atoms with Crippen LogP contribution in [0, 0.1) is 5.82 Å². The second-order valence-corrected chi connectivity index (χ2v) is 6.16. The Bertz CT molecular complexity index is 977. The van der Waals surface area contributed by atoms with Crippen LogP contribution in [0.4, 0.5) is 4.39 Å². The van der Waals surface area contributed by atoms with E-state index in [1.165, 1.54) is 16.8 Å². The highest BCUT2D eigenvalue weighted by atomic mass is 35.5. The molecule has 0 saturated carbocycles. The Morgan fingerprint density at radius 1 is 1.24 bits per heavy atom. The predicted octanol–water partition coefficient (Wildman–Crippen LogP) is 2.92. The van der Waals surface area contributed by atoms with E-state index in [4.69, 9.17) is 11.6 Å². The number of Topliss-reactive ketones (excluding diaryl/α,β-unsaturated/α-hetero) is 1. The predicted molar refractivity (Wildman–Crippen MR) is 92.5 cm³/mol. The maximum atomic E-state index is 13.2. The van der Waals surface area contributed by atoms with E-state index in [9.17, 15) is 14.0 Å². The fraction of sp³-hybridized carbons (Fsp3) is 0.167. The van der Waals surface area contributed by atoms with Crippen LogP contribution in [0.2, 0.25) is 5.02 Å². The van der Waals surface area contributed by atoms with Gasteiger partial charge in [-0.05, 0) is 35.7 Å². The van der Waals surface area contributed by atoms with E-state index in [0.717, 1.165) is 11.1 Å². The Balaban J connectivity index is 1.68. The fourth-order valence-electron chi connectivity index (χ4n) is 2.44. The third-order valence-electron chi connectivity index (χ3n) is 3.81. The van der Waals surface area contributed by atoms with Gasteiger partial charge in [-0.3, -0.25) is 24.4 Å². The van der Waals surface area contributed by atoms with E-state index >= 15 is 0 Å². The van der Waals surface area contributed by atoms with Crippen LogP contribution in [0.3, 0.4) is 0 Å². The van der Waals surface area contributed by atoms with E-state index in [1.54, 1.807) is 31.4 Å². The summed E-state index contributed by atoms with van der Waals surface area (Å²) in [6.45, 7) is 0. The molecule has 3 rings (SSSR count). The van der Waals surface area contributed by atoms with Crippen molar-refractivity contribution in [1.29, 1.82) is 0 Å². The van der Waals surface area contributed by atoms with Crippen molar-refractivity contribution in [3.63, 3.8) is 0 Å². The molecule has 0 aliphatic rings. The number of H-pyrrole nitrogens is 1. The van der Waals surface area contributed by atoms with Gasteiger partial charge in [0.1, 0.15) is 11.5 Å².